The molecular weight excluding hydrogens is 395 g/mol. The summed E-state index contributed by atoms with van der Waals surface area (Å²) in [5.41, 5.74) is 0.341. The number of hydrogen-bond donors (Lipinski definition) is 0. The number of piperidine rings is 1. The maximum atomic E-state index is 13.8. The number of benzene rings is 2. The van der Waals surface area contributed by atoms with Crippen molar-refractivity contribution in [2.45, 2.75) is 18.9 Å². The van der Waals surface area contributed by atoms with Crippen molar-refractivity contribution in [3.8, 4) is 16.7 Å². The fourth-order valence-corrected chi connectivity index (χ4v) is 4.18. The van der Waals surface area contributed by atoms with Crippen LogP contribution >= 0.6 is 11.3 Å². The van der Waals surface area contributed by atoms with Crippen LogP contribution in [0.1, 0.15) is 12.8 Å². The van der Waals surface area contributed by atoms with E-state index in [1.54, 1.807) is 30.2 Å². The predicted octanol–water partition coefficient (Wildman–Crippen LogP) is 3.89. The molecule has 1 saturated heterocycles. The van der Waals surface area contributed by atoms with Gasteiger partial charge in [-0.2, -0.15) is 4.98 Å². The summed E-state index contributed by atoms with van der Waals surface area (Å²) >= 11 is 1.34. The minimum Gasteiger partial charge on any atom is -0.493 e. The molecule has 1 aromatic heterocycles. The van der Waals surface area contributed by atoms with Gasteiger partial charge >= 0.3 is 0 Å². The Kier molecular flexibility index (Phi) is 5.80. The zero-order chi connectivity index (χ0) is 20.2. The molecule has 6 nitrogen and oxygen atoms in total. The first-order chi connectivity index (χ1) is 14.1. The molecule has 0 saturated carbocycles. The molecule has 1 fully saturated rings. The third kappa shape index (κ3) is 4.42. The molecule has 0 spiro atoms. The number of hydrogen-bond acceptors (Lipinski definition) is 6. The van der Waals surface area contributed by atoms with Crippen LogP contribution in [0.4, 0.5) is 4.39 Å². The van der Waals surface area contributed by atoms with Crippen molar-refractivity contribution < 1.29 is 23.4 Å². The van der Waals surface area contributed by atoms with Crippen molar-refractivity contribution >= 4 is 27.5 Å². The van der Waals surface area contributed by atoms with Gasteiger partial charge in [0.05, 0.1) is 11.8 Å². The van der Waals surface area contributed by atoms with Gasteiger partial charge in [0.2, 0.25) is 0 Å². The number of carbonyl (C=O) groups is 1. The van der Waals surface area contributed by atoms with Gasteiger partial charge in [-0.1, -0.05) is 29.5 Å². The van der Waals surface area contributed by atoms with E-state index in [4.69, 9.17) is 14.2 Å². The summed E-state index contributed by atoms with van der Waals surface area (Å²) in [7, 11) is 1.56. The minimum absolute atomic E-state index is 0.0386. The maximum absolute atomic E-state index is 13.8. The van der Waals surface area contributed by atoms with E-state index in [2.05, 4.69) is 4.98 Å². The van der Waals surface area contributed by atoms with Gasteiger partial charge in [-0.15, -0.1) is 0 Å². The lowest BCUT2D eigenvalue weighted by Crippen LogP contribution is -2.43. The molecule has 2 heterocycles. The molecule has 0 N–H and O–H groups in total. The third-order valence-electron chi connectivity index (χ3n) is 4.83. The first kappa shape index (κ1) is 19.4. The normalized spacial score (nSPS) is 14.8. The number of methoxy groups -OCH3 is 1. The number of aromatic nitrogens is 1. The van der Waals surface area contributed by atoms with E-state index in [0.29, 0.717) is 48.1 Å². The Morgan fingerprint density at radius 3 is 2.66 bits per heavy atom. The number of halogens is 1. The standard InChI is InChI=1S/C21H21FN2O4S/c1-26-16-6-2-3-7-17(16)27-13-19(25)24-11-9-14(10-12-24)28-21-23-20-15(22)5-4-8-18(20)29-21/h2-8,14H,9-13H2,1H3. The topological polar surface area (TPSA) is 60.9 Å². The number of rotatable bonds is 6. The van der Waals surface area contributed by atoms with E-state index in [1.807, 2.05) is 18.2 Å². The lowest BCUT2D eigenvalue weighted by Gasteiger charge is -2.31. The molecule has 0 aliphatic carbocycles. The SMILES string of the molecule is COc1ccccc1OCC(=O)N1CCC(Oc2nc3c(F)cccc3s2)CC1. The summed E-state index contributed by atoms with van der Waals surface area (Å²) < 4.78 is 31.3. The van der Waals surface area contributed by atoms with Crippen LogP contribution in [0.3, 0.4) is 0 Å². The zero-order valence-electron chi connectivity index (χ0n) is 16.0. The molecule has 3 aromatic rings. The summed E-state index contributed by atoms with van der Waals surface area (Å²) in [5.74, 6) is 0.727. The van der Waals surface area contributed by atoms with E-state index < -0.39 is 0 Å². The molecule has 0 bridgehead atoms. The van der Waals surface area contributed by atoms with Crippen LogP contribution in [-0.4, -0.2) is 48.7 Å². The molecule has 1 aliphatic rings. The summed E-state index contributed by atoms with van der Waals surface area (Å²) in [5, 5.41) is 0.467. The van der Waals surface area contributed by atoms with E-state index >= 15 is 0 Å². The maximum Gasteiger partial charge on any atom is 0.274 e. The van der Waals surface area contributed by atoms with Crippen molar-refractivity contribution in [1.29, 1.82) is 0 Å². The van der Waals surface area contributed by atoms with Gasteiger partial charge in [-0.3, -0.25) is 4.79 Å². The number of amides is 1. The highest BCUT2D eigenvalue weighted by atomic mass is 32.1. The second kappa shape index (κ2) is 8.65. The molecule has 1 aliphatic heterocycles. The Balaban J connectivity index is 1.28. The summed E-state index contributed by atoms with van der Waals surface area (Å²) in [6.45, 7) is 1.12. The van der Waals surface area contributed by atoms with Crippen LogP contribution in [0.5, 0.6) is 16.7 Å². The fraction of sp³-hybridized carbons (Fsp3) is 0.333. The first-order valence-electron chi connectivity index (χ1n) is 9.39. The van der Waals surface area contributed by atoms with Gasteiger partial charge < -0.3 is 19.1 Å². The summed E-state index contributed by atoms with van der Waals surface area (Å²) in [6, 6.07) is 12.1. The van der Waals surface area contributed by atoms with Crippen LogP contribution in [0, 0.1) is 5.82 Å². The Morgan fingerprint density at radius 1 is 1.17 bits per heavy atom. The van der Waals surface area contributed by atoms with Crippen molar-refractivity contribution in [3.05, 3.63) is 48.3 Å². The monoisotopic (exact) mass is 416 g/mol. The Labute approximate surface area is 171 Å². The van der Waals surface area contributed by atoms with Gasteiger partial charge in [0.25, 0.3) is 11.1 Å². The van der Waals surface area contributed by atoms with Crippen LogP contribution in [0.2, 0.25) is 0 Å². The third-order valence-corrected chi connectivity index (χ3v) is 5.74. The van der Waals surface area contributed by atoms with Gasteiger partial charge in [-0.05, 0) is 24.3 Å². The number of ether oxygens (including phenoxy) is 3. The average molecular weight is 416 g/mol. The Hall–Kier alpha value is -2.87. The number of para-hydroxylation sites is 3. The van der Waals surface area contributed by atoms with Crippen LogP contribution in [-0.2, 0) is 4.79 Å². The molecule has 152 valence electrons. The molecule has 8 heteroatoms. The van der Waals surface area contributed by atoms with Crippen LogP contribution < -0.4 is 14.2 Å². The number of fused-ring (bicyclic) bond motifs is 1. The highest BCUT2D eigenvalue weighted by Gasteiger charge is 2.25. The largest absolute Gasteiger partial charge is 0.493 e. The predicted molar refractivity (Wildman–Crippen MR) is 108 cm³/mol. The molecule has 4 rings (SSSR count). The smallest absolute Gasteiger partial charge is 0.274 e. The molecular formula is C21H21FN2O4S. The summed E-state index contributed by atoms with van der Waals surface area (Å²) in [6.07, 6.45) is 1.34. The Morgan fingerprint density at radius 2 is 1.93 bits per heavy atom. The van der Waals surface area contributed by atoms with E-state index in [0.717, 1.165) is 4.70 Å². The fourth-order valence-electron chi connectivity index (χ4n) is 3.28. The second-order valence-electron chi connectivity index (χ2n) is 6.70. The van der Waals surface area contributed by atoms with Gasteiger partial charge in [0.1, 0.15) is 17.4 Å². The quantitative estimate of drug-likeness (QED) is 0.610. The van der Waals surface area contributed by atoms with Crippen molar-refractivity contribution in [2.75, 3.05) is 26.8 Å². The lowest BCUT2D eigenvalue weighted by molar-refractivity contribution is -0.135. The first-order valence-corrected chi connectivity index (χ1v) is 10.2. The molecule has 29 heavy (non-hydrogen) atoms. The highest BCUT2D eigenvalue weighted by molar-refractivity contribution is 7.20. The molecule has 0 unspecified atom stereocenters. The average Bonchev–Trinajstić information content (AvgIpc) is 3.16. The number of carbonyl (C=O) groups excluding carboxylic acids is 1. The zero-order valence-corrected chi connectivity index (χ0v) is 16.8. The molecule has 0 atom stereocenters. The van der Waals surface area contributed by atoms with E-state index in [1.165, 1.54) is 17.4 Å². The van der Waals surface area contributed by atoms with Crippen LogP contribution in [0.25, 0.3) is 10.2 Å². The van der Waals surface area contributed by atoms with Crippen LogP contribution in [0.15, 0.2) is 42.5 Å². The van der Waals surface area contributed by atoms with Gasteiger partial charge in [0.15, 0.2) is 18.1 Å². The van der Waals surface area contributed by atoms with Gasteiger partial charge in [0, 0.05) is 25.9 Å². The minimum atomic E-state index is -0.343. The number of nitrogens with zero attached hydrogens (tertiary/aromatic N) is 2. The Bertz CT molecular complexity index is 1000. The van der Waals surface area contributed by atoms with Crippen molar-refractivity contribution in [2.24, 2.45) is 0 Å². The van der Waals surface area contributed by atoms with Crippen molar-refractivity contribution in [1.82, 2.24) is 9.88 Å². The molecule has 2 aromatic carbocycles. The van der Waals surface area contributed by atoms with Gasteiger partial charge in [-0.25, -0.2) is 4.39 Å². The van der Waals surface area contributed by atoms with E-state index in [9.17, 15) is 9.18 Å². The summed E-state index contributed by atoms with van der Waals surface area (Å²) in [4.78, 5) is 18.5. The van der Waals surface area contributed by atoms with E-state index in [-0.39, 0.29) is 24.4 Å². The number of likely N-dealkylation sites (tertiary alicyclic amines) is 1. The lowest BCUT2D eigenvalue weighted by atomic mass is 10.1. The highest BCUT2D eigenvalue weighted by Crippen LogP contribution is 2.31. The molecule has 1 amide bonds. The molecule has 0 radical (unpaired) electrons. The number of thiazole rings is 1. The second-order valence-corrected chi connectivity index (χ2v) is 7.70. The van der Waals surface area contributed by atoms with Crippen molar-refractivity contribution in [3.63, 3.8) is 0 Å².